The molecule has 1 fully saturated rings. The van der Waals surface area contributed by atoms with E-state index < -0.39 is 0 Å². The fourth-order valence-electron chi connectivity index (χ4n) is 5.28. The fraction of sp³-hybridized carbons (Fsp3) is 0.273. The van der Waals surface area contributed by atoms with E-state index in [1.165, 1.54) is 22.5 Å². The van der Waals surface area contributed by atoms with Crippen LogP contribution in [-0.4, -0.2) is 30.5 Å². The highest BCUT2D eigenvalue weighted by atomic mass is 16.1. The molecule has 1 aliphatic rings. The zero-order valence-corrected chi connectivity index (χ0v) is 22.7. The smallest absolute Gasteiger partial charge is 0.251 e. The minimum absolute atomic E-state index is 0.0632. The first-order chi connectivity index (χ1) is 18.4. The van der Waals surface area contributed by atoms with E-state index in [0.717, 1.165) is 41.9 Å². The van der Waals surface area contributed by atoms with Crippen molar-refractivity contribution < 1.29 is 4.79 Å². The number of piperazine rings is 1. The van der Waals surface area contributed by atoms with Crippen LogP contribution < -0.4 is 15.1 Å². The molecule has 1 atom stereocenters. The number of benzene rings is 3. The minimum atomic E-state index is -0.0632. The third-order valence-corrected chi connectivity index (χ3v) is 7.28. The molecule has 1 amide bonds. The number of nitrogens with zero attached hydrogens (tertiary/aromatic N) is 3. The van der Waals surface area contributed by atoms with Crippen LogP contribution in [0.25, 0.3) is 0 Å². The van der Waals surface area contributed by atoms with E-state index in [1.807, 2.05) is 38.4 Å². The van der Waals surface area contributed by atoms with Gasteiger partial charge in [-0.05, 0) is 81.3 Å². The van der Waals surface area contributed by atoms with Gasteiger partial charge in [-0.15, -0.1) is 0 Å². The van der Waals surface area contributed by atoms with Crippen molar-refractivity contribution in [3.8, 4) is 0 Å². The second kappa shape index (κ2) is 11.1. The molecular formula is C33H36N4O. The number of rotatable bonds is 6. The van der Waals surface area contributed by atoms with Gasteiger partial charge in [-0.1, -0.05) is 52.6 Å². The average Bonchev–Trinajstić information content (AvgIpc) is 2.92. The van der Waals surface area contributed by atoms with E-state index >= 15 is 0 Å². The van der Waals surface area contributed by atoms with Crippen molar-refractivity contribution in [2.75, 3.05) is 29.4 Å². The molecule has 1 saturated heterocycles. The second-order valence-electron chi connectivity index (χ2n) is 10.5. The van der Waals surface area contributed by atoms with Crippen molar-refractivity contribution in [1.29, 1.82) is 0 Å². The van der Waals surface area contributed by atoms with Gasteiger partial charge in [0.2, 0.25) is 0 Å². The Morgan fingerprint density at radius 2 is 1.42 bits per heavy atom. The molecule has 194 valence electrons. The van der Waals surface area contributed by atoms with E-state index in [2.05, 4.69) is 94.6 Å². The summed E-state index contributed by atoms with van der Waals surface area (Å²) in [6.07, 6.45) is 3.82. The predicted molar refractivity (Wildman–Crippen MR) is 156 cm³/mol. The number of nitrogens with one attached hydrogen (secondary N) is 1. The zero-order chi connectivity index (χ0) is 26.6. The van der Waals surface area contributed by atoms with Crippen molar-refractivity contribution in [2.45, 2.75) is 40.3 Å². The van der Waals surface area contributed by atoms with Crippen LogP contribution in [0.5, 0.6) is 0 Å². The van der Waals surface area contributed by atoms with Crippen LogP contribution in [0, 0.1) is 27.7 Å². The summed E-state index contributed by atoms with van der Waals surface area (Å²) in [5.74, 6) is -0.0632. The highest BCUT2D eigenvalue weighted by molar-refractivity contribution is 5.94. The number of aromatic nitrogens is 1. The van der Waals surface area contributed by atoms with Crippen molar-refractivity contribution in [3.63, 3.8) is 0 Å². The Kier molecular flexibility index (Phi) is 7.45. The molecule has 0 bridgehead atoms. The van der Waals surface area contributed by atoms with Gasteiger partial charge in [-0.25, -0.2) is 0 Å². The van der Waals surface area contributed by atoms with E-state index in [0.29, 0.717) is 12.1 Å². The third kappa shape index (κ3) is 5.88. The molecule has 38 heavy (non-hydrogen) atoms. The van der Waals surface area contributed by atoms with Gasteiger partial charge in [0, 0.05) is 55.5 Å². The van der Waals surface area contributed by atoms with Crippen LogP contribution in [0.15, 0.2) is 85.2 Å². The fourth-order valence-corrected chi connectivity index (χ4v) is 5.28. The van der Waals surface area contributed by atoms with E-state index in [1.54, 1.807) is 0 Å². The molecule has 2 heterocycles. The lowest BCUT2D eigenvalue weighted by Crippen LogP contribution is -2.48. The Morgan fingerprint density at radius 1 is 0.789 bits per heavy atom. The predicted octanol–water partition coefficient (Wildman–Crippen LogP) is 6.31. The molecule has 0 spiro atoms. The van der Waals surface area contributed by atoms with Crippen LogP contribution in [0.2, 0.25) is 0 Å². The third-order valence-electron chi connectivity index (χ3n) is 7.28. The highest BCUT2D eigenvalue weighted by Gasteiger charge is 2.29. The van der Waals surface area contributed by atoms with Gasteiger partial charge in [-0.2, -0.15) is 0 Å². The average molecular weight is 505 g/mol. The maximum Gasteiger partial charge on any atom is 0.251 e. The Morgan fingerprint density at radius 3 is 2.08 bits per heavy atom. The summed E-state index contributed by atoms with van der Waals surface area (Å²) in [5, 5.41) is 3.09. The lowest BCUT2D eigenvalue weighted by molar-refractivity contribution is 0.0950. The van der Waals surface area contributed by atoms with Gasteiger partial charge in [0.15, 0.2) is 0 Å². The molecule has 1 N–H and O–H groups in total. The number of carbonyl (C=O) groups is 1. The van der Waals surface area contributed by atoms with Crippen molar-refractivity contribution in [2.24, 2.45) is 0 Å². The monoisotopic (exact) mass is 504 g/mol. The summed E-state index contributed by atoms with van der Waals surface area (Å²) in [4.78, 5) is 22.4. The van der Waals surface area contributed by atoms with Gasteiger partial charge in [-0.3, -0.25) is 9.78 Å². The molecule has 0 saturated carbocycles. The molecule has 5 heteroatoms. The van der Waals surface area contributed by atoms with Gasteiger partial charge >= 0.3 is 0 Å². The summed E-state index contributed by atoms with van der Waals surface area (Å²) in [7, 11) is 0. The summed E-state index contributed by atoms with van der Waals surface area (Å²) < 4.78 is 0. The number of carbonyl (C=O) groups excluding carboxylic acids is 1. The number of hydrogen-bond acceptors (Lipinski definition) is 4. The van der Waals surface area contributed by atoms with Gasteiger partial charge in [0.25, 0.3) is 5.91 Å². The van der Waals surface area contributed by atoms with Crippen LogP contribution in [0.3, 0.4) is 0 Å². The molecular weight excluding hydrogens is 468 g/mol. The standard InChI is InChI=1S/C33H36N4O/c1-23-5-9-30(10-6-23)36-13-14-37(31-11-7-24(2)8-12-31)32(22-36)29-18-27(19-34-21-29)20-35-33(38)28-16-25(3)15-26(4)17-28/h5-12,15-19,21,32H,13-14,20,22H2,1-4H3,(H,35,38). The van der Waals surface area contributed by atoms with Crippen LogP contribution in [0.1, 0.15) is 49.8 Å². The lowest BCUT2D eigenvalue weighted by atomic mass is 10.0. The Balaban J connectivity index is 1.39. The molecule has 1 unspecified atom stereocenters. The largest absolute Gasteiger partial charge is 0.367 e. The number of aryl methyl sites for hydroxylation is 4. The first-order valence-corrected chi connectivity index (χ1v) is 13.3. The highest BCUT2D eigenvalue weighted by Crippen LogP contribution is 2.33. The molecule has 0 radical (unpaired) electrons. The summed E-state index contributed by atoms with van der Waals surface area (Å²) in [6.45, 7) is 11.4. The molecule has 1 aliphatic heterocycles. The molecule has 0 aliphatic carbocycles. The van der Waals surface area contributed by atoms with Gasteiger partial charge in [0.05, 0.1) is 6.04 Å². The molecule has 5 nitrogen and oxygen atoms in total. The number of hydrogen-bond donors (Lipinski definition) is 1. The van der Waals surface area contributed by atoms with Gasteiger partial charge in [0.1, 0.15) is 0 Å². The van der Waals surface area contributed by atoms with E-state index in [9.17, 15) is 4.79 Å². The molecule has 1 aromatic heterocycles. The first-order valence-electron chi connectivity index (χ1n) is 13.3. The zero-order valence-electron chi connectivity index (χ0n) is 22.7. The minimum Gasteiger partial charge on any atom is -0.367 e. The van der Waals surface area contributed by atoms with Crippen molar-refractivity contribution in [1.82, 2.24) is 10.3 Å². The van der Waals surface area contributed by atoms with Gasteiger partial charge < -0.3 is 15.1 Å². The maximum atomic E-state index is 12.9. The SMILES string of the molecule is Cc1ccc(N2CCN(c3ccc(C)cc3)C(c3cncc(CNC(=O)c4cc(C)cc(C)c4)c3)C2)cc1. The van der Waals surface area contributed by atoms with E-state index in [-0.39, 0.29) is 11.9 Å². The van der Waals surface area contributed by atoms with Crippen molar-refractivity contribution in [3.05, 3.63) is 124 Å². The Hall–Kier alpha value is -4.12. The van der Waals surface area contributed by atoms with Crippen LogP contribution >= 0.6 is 0 Å². The quantitative estimate of drug-likeness (QED) is 0.334. The molecule has 4 aromatic rings. The first kappa shape index (κ1) is 25.5. The lowest BCUT2D eigenvalue weighted by Gasteiger charge is -2.44. The van der Waals surface area contributed by atoms with Crippen molar-refractivity contribution >= 4 is 17.3 Å². The Bertz CT molecular complexity index is 1390. The Labute approximate surface area is 226 Å². The maximum absolute atomic E-state index is 12.9. The summed E-state index contributed by atoms with van der Waals surface area (Å²) in [5.41, 5.74) is 10.0. The normalized spacial score (nSPS) is 15.4. The molecule has 5 rings (SSSR count). The number of pyridine rings is 1. The second-order valence-corrected chi connectivity index (χ2v) is 10.5. The number of amides is 1. The number of anilines is 2. The topological polar surface area (TPSA) is 48.5 Å². The molecule has 3 aromatic carbocycles. The summed E-state index contributed by atoms with van der Waals surface area (Å²) >= 11 is 0. The van der Waals surface area contributed by atoms with Crippen LogP contribution in [0.4, 0.5) is 11.4 Å². The van der Waals surface area contributed by atoms with E-state index in [4.69, 9.17) is 0 Å². The van der Waals surface area contributed by atoms with Crippen LogP contribution in [-0.2, 0) is 6.54 Å². The summed E-state index contributed by atoms with van der Waals surface area (Å²) in [6, 6.07) is 25.8.